The molecule has 1 saturated carbocycles. The van der Waals surface area contributed by atoms with E-state index in [1.807, 2.05) is 6.92 Å². The minimum absolute atomic E-state index is 0.103. The maximum atomic E-state index is 12.6. The quantitative estimate of drug-likeness (QED) is 0.894. The molecule has 24 heavy (non-hydrogen) atoms. The van der Waals surface area contributed by atoms with Gasteiger partial charge in [0.25, 0.3) is 5.91 Å². The van der Waals surface area contributed by atoms with Crippen LogP contribution in [0, 0.1) is 5.41 Å². The molecule has 1 spiro atoms. The van der Waals surface area contributed by atoms with Gasteiger partial charge in [0.1, 0.15) is 0 Å². The Bertz CT molecular complexity index is 575. The summed E-state index contributed by atoms with van der Waals surface area (Å²) in [6, 6.07) is 1.77. The molecule has 6 nitrogen and oxygen atoms in total. The van der Waals surface area contributed by atoms with E-state index in [0.717, 1.165) is 25.0 Å². The van der Waals surface area contributed by atoms with Crippen LogP contribution in [-0.2, 0) is 4.74 Å². The van der Waals surface area contributed by atoms with Crippen molar-refractivity contribution in [1.29, 1.82) is 0 Å². The average molecular weight is 336 g/mol. The largest absolute Gasteiger partial charge is 0.392 e. The molecule has 2 aliphatic rings. The summed E-state index contributed by atoms with van der Waals surface area (Å²) >= 11 is 0. The summed E-state index contributed by atoms with van der Waals surface area (Å²) in [7, 11) is 0. The van der Waals surface area contributed by atoms with Crippen molar-refractivity contribution in [3.05, 3.63) is 17.5 Å². The van der Waals surface area contributed by atoms with Gasteiger partial charge in [-0.3, -0.25) is 4.79 Å². The van der Waals surface area contributed by atoms with Gasteiger partial charge in [-0.1, -0.05) is 19.0 Å². The minimum Gasteiger partial charge on any atom is -0.392 e. The maximum Gasteiger partial charge on any atom is 0.292 e. The van der Waals surface area contributed by atoms with Crippen molar-refractivity contribution in [2.24, 2.45) is 5.41 Å². The van der Waals surface area contributed by atoms with Crippen molar-refractivity contribution in [2.75, 3.05) is 19.7 Å². The molecule has 2 heterocycles. The van der Waals surface area contributed by atoms with Crippen molar-refractivity contribution in [3.63, 3.8) is 0 Å². The van der Waals surface area contributed by atoms with E-state index in [2.05, 4.69) is 19.0 Å². The fourth-order valence-corrected chi connectivity index (χ4v) is 3.93. The molecule has 3 unspecified atom stereocenters. The van der Waals surface area contributed by atoms with Crippen LogP contribution in [0.15, 0.2) is 10.6 Å². The van der Waals surface area contributed by atoms with Gasteiger partial charge in [-0.2, -0.15) is 0 Å². The number of amides is 1. The summed E-state index contributed by atoms with van der Waals surface area (Å²) in [5.41, 5.74) is 0.663. The van der Waals surface area contributed by atoms with Gasteiger partial charge >= 0.3 is 0 Å². The monoisotopic (exact) mass is 336 g/mol. The molecule has 2 fully saturated rings. The van der Waals surface area contributed by atoms with Gasteiger partial charge in [-0.15, -0.1) is 0 Å². The number of nitrogens with zero attached hydrogens (tertiary/aromatic N) is 2. The lowest BCUT2D eigenvalue weighted by atomic mass is 9.58. The van der Waals surface area contributed by atoms with Crippen LogP contribution in [0.3, 0.4) is 0 Å². The van der Waals surface area contributed by atoms with Gasteiger partial charge in [-0.05, 0) is 26.2 Å². The number of hydrogen-bond acceptors (Lipinski definition) is 5. The van der Waals surface area contributed by atoms with Crippen LogP contribution in [0.25, 0.3) is 0 Å². The standard InChI is InChI=1S/C18H28N2O4/c1-4-12(3)13-10-14(24-19-13)17(22)20-8-6-18(7-9-20)15(21)11-16(18)23-5-2/h10,12,15-16,21H,4-9,11H2,1-3H3. The van der Waals surface area contributed by atoms with Crippen LogP contribution >= 0.6 is 0 Å². The van der Waals surface area contributed by atoms with Crippen LogP contribution in [0.2, 0.25) is 0 Å². The number of carbonyl (C=O) groups is 1. The molecular formula is C18H28N2O4. The summed E-state index contributed by atoms with van der Waals surface area (Å²) in [6.45, 7) is 8.05. The number of ether oxygens (including phenoxy) is 1. The third-order valence-corrected chi connectivity index (χ3v) is 5.95. The minimum atomic E-state index is -0.311. The van der Waals surface area contributed by atoms with Gasteiger partial charge < -0.3 is 19.3 Å². The first-order valence-electron chi connectivity index (χ1n) is 9.07. The van der Waals surface area contributed by atoms with Gasteiger partial charge in [0, 0.05) is 43.5 Å². The summed E-state index contributed by atoms with van der Waals surface area (Å²) in [5, 5.41) is 14.3. The molecule has 1 aliphatic carbocycles. The van der Waals surface area contributed by atoms with Gasteiger partial charge in [-0.25, -0.2) is 0 Å². The number of aromatic nitrogens is 1. The first kappa shape index (κ1) is 17.4. The predicted octanol–water partition coefficient (Wildman–Crippen LogP) is 2.58. The first-order valence-corrected chi connectivity index (χ1v) is 9.07. The molecule has 0 radical (unpaired) electrons. The van der Waals surface area contributed by atoms with Gasteiger partial charge in [0.2, 0.25) is 5.76 Å². The lowest BCUT2D eigenvalue weighted by molar-refractivity contribution is -0.207. The Morgan fingerprint density at radius 2 is 2.21 bits per heavy atom. The number of aliphatic hydroxyl groups excluding tert-OH is 1. The second-order valence-corrected chi connectivity index (χ2v) is 7.15. The highest BCUT2D eigenvalue weighted by Crippen LogP contribution is 2.51. The van der Waals surface area contributed by atoms with Crippen molar-refractivity contribution in [3.8, 4) is 0 Å². The number of likely N-dealkylation sites (tertiary alicyclic amines) is 1. The highest BCUT2D eigenvalue weighted by Gasteiger charge is 2.56. The molecule has 3 rings (SSSR count). The molecule has 0 bridgehead atoms. The van der Waals surface area contributed by atoms with Crippen LogP contribution in [0.4, 0.5) is 0 Å². The molecule has 3 atom stereocenters. The zero-order chi connectivity index (χ0) is 17.3. The molecule has 134 valence electrons. The predicted molar refractivity (Wildman–Crippen MR) is 88.8 cm³/mol. The second kappa shape index (κ2) is 6.84. The van der Waals surface area contributed by atoms with Crippen molar-refractivity contribution in [2.45, 2.75) is 64.6 Å². The van der Waals surface area contributed by atoms with Crippen molar-refractivity contribution in [1.82, 2.24) is 10.1 Å². The molecule has 6 heteroatoms. The highest BCUT2D eigenvalue weighted by molar-refractivity contribution is 5.91. The molecule has 1 aromatic rings. The lowest BCUT2D eigenvalue weighted by Crippen LogP contribution is -2.62. The fraction of sp³-hybridized carbons (Fsp3) is 0.778. The van der Waals surface area contributed by atoms with Gasteiger partial charge in [0.15, 0.2) is 0 Å². The van der Waals surface area contributed by atoms with E-state index in [-0.39, 0.29) is 29.4 Å². The summed E-state index contributed by atoms with van der Waals surface area (Å²) < 4.78 is 11.0. The topological polar surface area (TPSA) is 75.8 Å². The Hall–Kier alpha value is -1.40. The third-order valence-electron chi connectivity index (χ3n) is 5.95. The molecule has 1 saturated heterocycles. The Balaban J connectivity index is 1.62. The van der Waals surface area contributed by atoms with E-state index in [1.165, 1.54) is 0 Å². The van der Waals surface area contributed by atoms with Crippen molar-refractivity contribution < 1.29 is 19.2 Å². The van der Waals surface area contributed by atoms with E-state index in [1.54, 1.807) is 11.0 Å². The number of rotatable bonds is 5. The molecule has 1 N–H and O–H groups in total. The lowest BCUT2D eigenvalue weighted by Gasteiger charge is -2.56. The fourth-order valence-electron chi connectivity index (χ4n) is 3.93. The normalized spacial score (nSPS) is 27.1. The van der Waals surface area contributed by atoms with Crippen molar-refractivity contribution >= 4 is 5.91 Å². The number of hydrogen-bond donors (Lipinski definition) is 1. The Morgan fingerprint density at radius 3 is 2.79 bits per heavy atom. The third kappa shape index (κ3) is 2.86. The molecular weight excluding hydrogens is 308 g/mol. The van der Waals surface area contributed by atoms with E-state index in [0.29, 0.717) is 31.9 Å². The van der Waals surface area contributed by atoms with Crippen LogP contribution in [0.5, 0.6) is 0 Å². The number of carbonyl (C=O) groups excluding carboxylic acids is 1. The molecule has 1 amide bonds. The van der Waals surface area contributed by atoms with E-state index < -0.39 is 0 Å². The summed E-state index contributed by atoms with van der Waals surface area (Å²) in [5.74, 6) is 0.502. The maximum absolute atomic E-state index is 12.6. The smallest absolute Gasteiger partial charge is 0.292 e. The Kier molecular flexibility index (Phi) is 4.97. The number of aliphatic hydroxyl groups is 1. The first-order chi connectivity index (χ1) is 11.5. The SMILES string of the molecule is CCOC1CC(O)C12CCN(C(=O)c1cc(C(C)CC)no1)CC2. The van der Waals surface area contributed by atoms with Gasteiger partial charge in [0.05, 0.1) is 17.9 Å². The second-order valence-electron chi connectivity index (χ2n) is 7.15. The Morgan fingerprint density at radius 1 is 1.50 bits per heavy atom. The zero-order valence-electron chi connectivity index (χ0n) is 14.8. The molecule has 0 aromatic carbocycles. The highest BCUT2D eigenvalue weighted by atomic mass is 16.5. The zero-order valence-corrected chi connectivity index (χ0v) is 14.8. The average Bonchev–Trinajstić information content (AvgIpc) is 3.10. The van der Waals surface area contributed by atoms with Crippen LogP contribution < -0.4 is 0 Å². The Labute approximate surface area is 143 Å². The molecule has 1 aromatic heterocycles. The van der Waals surface area contributed by atoms with E-state index in [4.69, 9.17) is 9.26 Å². The van der Waals surface area contributed by atoms with Crippen LogP contribution in [-0.4, -0.2) is 53.0 Å². The summed E-state index contributed by atoms with van der Waals surface area (Å²) in [6.07, 6.45) is 3.03. The van der Waals surface area contributed by atoms with E-state index in [9.17, 15) is 9.90 Å². The van der Waals surface area contributed by atoms with E-state index >= 15 is 0 Å². The van der Waals surface area contributed by atoms with Crippen LogP contribution in [0.1, 0.15) is 68.6 Å². The molecule has 1 aliphatic heterocycles. The summed E-state index contributed by atoms with van der Waals surface area (Å²) in [4.78, 5) is 14.4. The number of piperidine rings is 1.